The zero-order valence-corrected chi connectivity index (χ0v) is 18.3. The molecule has 1 aromatic rings. The van der Waals surface area contributed by atoms with E-state index in [1.54, 1.807) is 24.5 Å². The van der Waals surface area contributed by atoms with Crippen LogP contribution in [-0.4, -0.2) is 89.9 Å². The van der Waals surface area contributed by atoms with Crippen molar-refractivity contribution < 1.29 is 9.59 Å². The number of nitrogens with one attached hydrogen (secondary N) is 1. The zero-order valence-electron chi connectivity index (χ0n) is 16.7. The molecule has 0 radical (unpaired) electrons. The lowest BCUT2D eigenvalue weighted by atomic mass is 9.96. The maximum atomic E-state index is 13.1. The largest absolute Gasteiger partial charge is 0.341 e. The van der Waals surface area contributed by atoms with Gasteiger partial charge in [-0.3, -0.25) is 19.5 Å². The number of hydrogen-bond donors (Lipinski definition) is 1. The number of carbonyl (C=O) groups is 2. The SMILES string of the molecule is Cl.Cl.O=C(c1ccncc1)N1CCCC(C(=O)N2CCC(N3CCNCC3)C2)C1. The highest BCUT2D eigenvalue weighted by Gasteiger charge is 2.36. The normalized spacial score (nSPS) is 25.1. The van der Waals surface area contributed by atoms with Crippen LogP contribution in [-0.2, 0) is 4.79 Å². The fraction of sp³-hybridized carbons (Fsp3) is 0.650. The van der Waals surface area contributed by atoms with Crippen molar-refractivity contribution >= 4 is 36.6 Å². The van der Waals surface area contributed by atoms with E-state index in [0.717, 1.165) is 65.1 Å². The molecule has 0 bridgehead atoms. The van der Waals surface area contributed by atoms with Crippen molar-refractivity contribution in [2.45, 2.75) is 25.3 Å². The number of pyridine rings is 1. The number of piperazine rings is 1. The molecule has 3 aliphatic rings. The van der Waals surface area contributed by atoms with Crippen molar-refractivity contribution in [2.24, 2.45) is 5.92 Å². The lowest BCUT2D eigenvalue weighted by Gasteiger charge is -2.35. The van der Waals surface area contributed by atoms with Crippen molar-refractivity contribution in [3.05, 3.63) is 30.1 Å². The number of likely N-dealkylation sites (tertiary alicyclic amines) is 2. The highest BCUT2D eigenvalue weighted by molar-refractivity contribution is 5.94. The number of aromatic nitrogens is 1. The molecule has 2 atom stereocenters. The number of amides is 2. The summed E-state index contributed by atoms with van der Waals surface area (Å²) in [6.07, 6.45) is 6.12. The second-order valence-electron chi connectivity index (χ2n) is 7.84. The van der Waals surface area contributed by atoms with E-state index < -0.39 is 0 Å². The van der Waals surface area contributed by atoms with Crippen LogP contribution in [0.1, 0.15) is 29.6 Å². The molecule has 7 nitrogen and oxygen atoms in total. The van der Waals surface area contributed by atoms with Crippen LogP contribution in [0.4, 0.5) is 0 Å². The summed E-state index contributed by atoms with van der Waals surface area (Å²) >= 11 is 0. The van der Waals surface area contributed by atoms with Gasteiger partial charge in [0, 0.05) is 76.4 Å². The Morgan fingerprint density at radius 1 is 0.931 bits per heavy atom. The Balaban J connectivity index is 0.00000150. The molecular formula is C20H31Cl2N5O2. The predicted molar refractivity (Wildman–Crippen MR) is 117 cm³/mol. The Morgan fingerprint density at radius 2 is 1.66 bits per heavy atom. The number of carbonyl (C=O) groups excluding carboxylic acids is 2. The summed E-state index contributed by atoms with van der Waals surface area (Å²) in [5, 5.41) is 3.39. The molecule has 29 heavy (non-hydrogen) atoms. The first kappa shape index (κ1) is 23.9. The molecule has 4 rings (SSSR count). The van der Waals surface area contributed by atoms with Crippen molar-refractivity contribution in [3.63, 3.8) is 0 Å². The summed E-state index contributed by atoms with van der Waals surface area (Å²) in [6.45, 7) is 7.19. The van der Waals surface area contributed by atoms with E-state index in [-0.39, 0.29) is 42.5 Å². The summed E-state index contributed by atoms with van der Waals surface area (Å²) < 4.78 is 0. The van der Waals surface area contributed by atoms with E-state index in [1.807, 2.05) is 9.80 Å². The van der Waals surface area contributed by atoms with Crippen LogP contribution >= 0.6 is 24.8 Å². The van der Waals surface area contributed by atoms with Gasteiger partial charge < -0.3 is 15.1 Å². The molecule has 0 aromatic carbocycles. The Morgan fingerprint density at radius 3 is 2.38 bits per heavy atom. The highest BCUT2D eigenvalue weighted by atomic mass is 35.5. The van der Waals surface area contributed by atoms with Crippen molar-refractivity contribution in [3.8, 4) is 0 Å². The molecule has 0 saturated carbocycles. The van der Waals surface area contributed by atoms with Gasteiger partial charge in [-0.15, -0.1) is 24.8 Å². The van der Waals surface area contributed by atoms with E-state index in [2.05, 4.69) is 15.2 Å². The lowest BCUT2D eigenvalue weighted by Crippen LogP contribution is -2.50. The first-order valence-corrected chi connectivity index (χ1v) is 10.2. The van der Waals surface area contributed by atoms with Crippen LogP contribution in [0, 0.1) is 5.92 Å². The zero-order chi connectivity index (χ0) is 18.6. The second-order valence-corrected chi connectivity index (χ2v) is 7.84. The van der Waals surface area contributed by atoms with Crippen LogP contribution in [0.5, 0.6) is 0 Å². The Labute approximate surface area is 185 Å². The quantitative estimate of drug-likeness (QED) is 0.761. The van der Waals surface area contributed by atoms with Gasteiger partial charge >= 0.3 is 0 Å². The van der Waals surface area contributed by atoms with Crippen LogP contribution in [0.3, 0.4) is 0 Å². The van der Waals surface area contributed by atoms with E-state index in [1.165, 1.54) is 0 Å². The third-order valence-electron chi connectivity index (χ3n) is 6.13. The first-order valence-electron chi connectivity index (χ1n) is 10.2. The molecule has 1 aromatic heterocycles. The van der Waals surface area contributed by atoms with E-state index in [4.69, 9.17) is 0 Å². The molecule has 2 amide bonds. The minimum atomic E-state index is -0.0636. The smallest absolute Gasteiger partial charge is 0.253 e. The monoisotopic (exact) mass is 443 g/mol. The third kappa shape index (κ3) is 5.60. The number of hydrogen-bond acceptors (Lipinski definition) is 5. The van der Waals surface area contributed by atoms with Gasteiger partial charge in [0.15, 0.2) is 0 Å². The lowest BCUT2D eigenvalue weighted by molar-refractivity contribution is -0.136. The molecule has 3 fully saturated rings. The minimum absolute atomic E-state index is 0. The Hall–Kier alpha value is -1.41. The number of piperidine rings is 1. The Kier molecular flexibility index (Phi) is 9.14. The highest BCUT2D eigenvalue weighted by Crippen LogP contribution is 2.24. The molecule has 9 heteroatoms. The van der Waals surface area contributed by atoms with Crippen LogP contribution < -0.4 is 5.32 Å². The van der Waals surface area contributed by atoms with E-state index in [9.17, 15) is 9.59 Å². The van der Waals surface area contributed by atoms with Gasteiger partial charge in [0.2, 0.25) is 5.91 Å². The van der Waals surface area contributed by atoms with Crippen molar-refractivity contribution in [2.75, 3.05) is 52.4 Å². The first-order chi connectivity index (χ1) is 13.2. The number of rotatable bonds is 3. The van der Waals surface area contributed by atoms with Crippen molar-refractivity contribution in [1.29, 1.82) is 0 Å². The average Bonchev–Trinajstić information content (AvgIpc) is 3.24. The fourth-order valence-corrected chi connectivity index (χ4v) is 4.59. The summed E-state index contributed by atoms with van der Waals surface area (Å²) in [7, 11) is 0. The van der Waals surface area contributed by atoms with Gasteiger partial charge in [-0.25, -0.2) is 0 Å². The van der Waals surface area contributed by atoms with E-state index >= 15 is 0 Å². The van der Waals surface area contributed by atoms with Crippen LogP contribution in [0.2, 0.25) is 0 Å². The standard InChI is InChI=1S/C20H29N5O2.2ClH/c26-19(16-3-6-21-7-4-16)24-10-1-2-17(14-24)20(27)25-11-5-18(15-25)23-12-8-22-9-13-23;;/h3-4,6-7,17-18,22H,1-2,5,8-15H2;2*1H. The molecular weight excluding hydrogens is 413 g/mol. The maximum absolute atomic E-state index is 13.1. The molecule has 1 N–H and O–H groups in total. The molecule has 162 valence electrons. The van der Waals surface area contributed by atoms with Gasteiger partial charge in [-0.05, 0) is 31.4 Å². The predicted octanol–water partition coefficient (Wildman–Crippen LogP) is 1.28. The van der Waals surface area contributed by atoms with Crippen LogP contribution in [0.25, 0.3) is 0 Å². The fourth-order valence-electron chi connectivity index (χ4n) is 4.59. The molecule has 3 aliphatic heterocycles. The van der Waals surface area contributed by atoms with E-state index in [0.29, 0.717) is 18.2 Å². The third-order valence-corrected chi connectivity index (χ3v) is 6.13. The molecule has 0 spiro atoms. The number of halogens is 2. The summed E-state index contributed by atoms with van der Waals surface area (Å²) in [5.74, 6) is 0.182. The molecule has 4 heterocycles. The maximum Gasteiger partial charge on any atom is 0.253 e. The van der Waals surface area contributed by atoms with Gasteiger partial charge in [0.25, 0.3) is 5.91 Å². The summed E-state index contributed by atoms with van der Waals surface area (Å²) in [5.41, 5.74) is 0.651. The topological polar surface area (TPSA) is 68.8 Å². The van der Waals surface area contributed by atoms with Crippen molar-refractivity contribution in [1.82, 2.24) is 25.0 Å². The minimum Gasteiger partial charge on any atom is -0.341 e. The van der Waals surface area contributed by atoms with Crippen LogP contribution in [0.15, 0.2) is 24.5 Å². The second kappa shape index (κ2) is 11.1. The Bertz CT molecular complexity index is 672. The average molecular weight is 444 g/mol. The molecule has 2 unspecified atom stereocenters. The summed E-state index contributed by atoms with van der Waals surface area (Å²) in [6, 6.07) is 3.98. The summed E-state index contributed by atoms with van der Waals surface area (Å²) in [4.78, 5) is 36.2. The molecule has 3 saturated heterocycles. The van der Waals surface area contributed by atoms with Gasteiger partial charge in [0.1, 0.15) is 0 Å². The van der Waals surface area contributed by atoms with Gasteiger partial charge in [-0.1, -0.05) is 0 Å². The van der Waals surface area contributed by atoms with Gasteiger partial charge in [0.05, 0.1) is 5.92 Å². The van der Waals surface area contributed by atoms with Gasteiger partial charge in [-0.2, -0.15) is 0 Å². The number of nitrogens with zero attached hydrogens (tertiary/aromatic N) is 4. The molecule has 0 aliphatic carbocycles.